The summed E-state index contributed by atoms with van der Waals surface area (Å²) in [5.41, 5.74) is 7.92. The molecule has 4 N–H and O–H groups in total. The Morgan fingerprint density at radius 1 is 1.23 bits per heavy atom. The largest absolute Gasteiger partial charge is 0.453 e. The number of carbonyl (C=O) groups excluding carboxylic acids is 2. The third-order valence-electron chi connectivity index (χ3n) is 5.98. The molecule has 0 saturated carbocycles. The lowest BCUT2D eigenvalue weighted by molar-refractivity contribution is 0.0180. The van der Waals surface area contributed by atoms with Gasteiger partial charge in [-0.2, -0.15) is 5.10 Å². The van der Waals surface area contributed by atoms with Crippen LogP contribution in [0.2, 0.25) is 0 Å². The summed E-state index contributed by atoms with van der Waals surface area (Å²) in [6.07, 6.45) is 2.62. The molecule has 2 heterocycles. The first-order valence-electron chi connectivity index (χ1n) is 11.8. The second-order valence-electron chi connectivity index (χ2n) is 9.82. The van der Waals surface area contributed by atoms with Gasteiger partial charge < -0.3 is 20.1 Å². The van der Waals surface area contributed by atoms with Crippen molar-refractivity contribution in [2.24, 2.45) is 11.7 Å². The third-order valence-corrected chi connectivity index (χ3v) is 5.98. The number of nitrogens with one attached hydrogen (secondary N) is 2. The van der Waals surface area contributed by atoms with Crippen LogP contribution in [0.3, 0.4) is 0 Å². The molecule has 2 amide bonds. The average Bonchev–Trinajstić information content (AvgIpc) is 2.82. The highest BCUT2D eigenvalue weighted by Crippen LogP contribution is 2.27. The second-order valence-corrected chi connectivity index (χ2v) is 9.82. The Morgan fingerprint density at radius 2 is 1.89 bits per heavy atom. The van der Waals surface area contributed by atoms with Gasteiger partial charge in [0.05, 0.1) is 18.4 Å². The molecule has 1 saturated heterocycles. The van der Waals surface area contributed by atoms with Gasteiger partial charge in [0.25, 0.3) is 5.56 Å². The van der Waals surface area contributed by atoms with Gasteiger partial charge in [-0.05, 0) is 76.1 Å². The fraction of sp³-hybridized carbons (Fsp3) is 0.520. The topological polar surface area (TPSA) is 140 Å². The number of aromatic amines is 1. The highest BCUT2D eigenvalue weighted by molar-refractivity contribution is 5.85. The van der Waals surface area contributed by atoms with Crippen molar-refractivity contribution >= 4 is 17.9 Å². The number of H-pyrrole nitrogens is 1. The Hall–Kier alpha value is -3.40. The molecule has 10 heteroatoms. The maximum absolute atomic E-state index is 12.4. The smallest absolute Gasteiger partial charge is 0.411 e. The monoisotopic (exact) mass is 485 g/mol. The number of amides is 2. The van der Waals surface area contributed by atoms with E-state index in [9.17, 15) is 14.4 Å². The van der Waals surface area contributed by atoms with Crippen molar-refractivity contribution < 1.29 is 19.1 Å². The molecule has 10 nitrogen and oxygen atoms in total. The van der Waals surface area contributed by atoms with Crippen molar-refractivity contribution in [2.45, 2.75) is 58.1 Å². The molecule has 1 atom stereocenters. The van der Waals surface area contributed by atoms with E-state index in [1.165, 1.54) is 7.11 Å². The predicted molar refractivity (Wildman–Crippen MR) is 133 cm³/mol. The van der Waals surface area contributed by atoms with Crippen LogP contribution in [0.1, 0.15) is 58.2 Å². The zero-order chi connectivity index (χ0) is 25.6. The van der Waals surface area contributed by atoms with Crippen LogP contribution in [-0.2, 0) is 9.47 Å². The van der Waals surface area contributed by atoms with Crippen molar-refractivity contribution in [3.63, 3.8) is 0 Å². The molecule has 1 aromatic carbocycles. The number of hydrogen-bond acceptors (Lipinski definition) is 7. The molecule has 1 aliphatic heterocycles. The maximum atomic E-state index is 12.4. The summed E-state index contributed by atoms with van der Waals surface area (Å²) in [7, 11) is 1.29. The molecule has 35 heavy (non-hydrogen) atoms. The number of ether oxygens (including phenoxy) is 2. The number of carbonyl (C=O) groups is 2. The predicted octanol–water partition coefficient (Wildman–Crippen LogP) is 4.04. The van der Waals surface area contributed by atoms with Crippen LogP contribution in [-0.4, -0.2) is 53.1 Å². The van der Waals surface area contributed by atoms with Crippen LogP contribution in [0, 0.1) is 5.92 Å². The first-order chi connectivity index (χ1) is 16.6. The quantitative estimate of drug-likeness (QED) is 0.561. The molecule has 190 valence electrons. The van der Waals surface area contributed by atoms with Gasteiger partial charge in [0, 0.05) is 24.8 Å². The van der Waals surface area contributed by atoms with E-state index in [1.54, 1.807) is 35.2 Å². The van der Waals surface area contributed by atoms with E-state index in [1.807, 2.05) is 20.8 Å². The number of hydrogen-bond donors (Lipinski definition) is 3. The summed E-state index contributed by atoms with van der Waals surface area (Å²) in [6, 6.07) is 8.25. The molecule has 0 unspecified atom stereocenters. The van der Waals surface area contributed by atoms with Gasteiger partial charge in [0.2, 0.25) is 0 Å². The zero-order valence-corrected chi connectivity index (χ0v) is 20.8. The summed E-state index contributed by atoms with van der Waals surface area (Å²) < 4.78 is 10.0. The lowest BCUT2D eigenvalue weighted by atomic mass is 9.90. The minimum Gasteiger partial charge on any atom is -0.453 e. The number of nitrogens with two attached hydrogens (primary N) is 1. The van der Waals surface area contributed by atoms with Crippen molar-refractivity contribution in [3.8, 4) is 11.1 Å². The molecule has 2 aromatic rings. The molecule has 0 spiro atoms. The Labute approximate surface area is 205 Å². The lowest BCUT2D eigenvalue weighted by Gasteiger charge is -2.33. The van der Waals surface area contributed by atoms with Gasteiger partial charge in [-0.15, -0.1) is 0 Å². The number of piperidine rings is 1. The maximum Gasteiger partial charge on any atom is 0.411 e. The number of benzene rings is 1. The van der Waals surface area contributed by atoms with E-state index < -0.39 is 11.7 Å². The fourth-order valence-corrected chi connectivity index (χ4v) is 4.02. The van der Waals surface area contributed by atoms with Gasteiger partial charge in [-0.1, -0.05) is 12.1 Å². The minimum absolute atomic E-state index is 0.258. The number of nitrogens with zero attached hydrogens (tertiary/aromatic N) is 2. The summed E-state index contributed by atoms with van der Waals surface area (Å²) >= 11 is 0. The van der Waals surface area contributed by atoms with Gasteiger partial charge in [-0.3, -0.25) is 10.1 Å². The summed E-state index contributed by atoms with van der Waals surface area (Å²) in [5.74, 6) is 0.469. The minimum atomic E-state index is -0.566. The molecular formula is C25H35N5O5. The van der Waals surface area contributed by atoms with Gasteiger partial charge in [0.1, 0.15) is 5.60 Å². The molecule has 1 aromatic heterocycles. The average molecular weight is 486 g/mol. The molecule has 0 bridgehead atoms. The fourth-order valence-electron chi connectivity index (χ4n) is 4.02. The van der Waals surface area contributed by atoms with Crippen LogP contribution >= 0.6 is 0 Å². The summed E-state index contributed by atoms with van der Waals surface area (Å²) in [4.78, 5) is 37.8. The van der Waals surface area contributed by atoms with E-state index in [4.69, 9.17) is 10.5 Å². The van der Waals surface area contributed by atoms with Crippen molar-refractivity contribution in [3.05, 3.63) is 46.4 Å². The normalized spacial score (nSPS) is 15.4. The number of methoxy groups -OCH3 is 1. The van der Waals surface area contributed by atoms with Crippen LogP contribution < -0.4 is 16.6 Å². The molecular weight excluding hydrogens is 450 g/mol. The molecule has 0 aliphatic carbocycles. The third kappa shape index (κ3) is 7.54. The van der Waals surface area contributed by atoms with Crippen molar-refractivity contribution in [1.29, 1.82) is 0 Å². The molecule has 3 rings (SSSR count). The standard InChI is InChI=1S/C25H35N5O5/c1-25(2,3)35-24(33)30-13-11-16(12-14-30)5-10-20(26)21-15-19(22(31)29-28-21)17-6-8-18(9-7-17)27-23(32)34-4/h6-9,15-16,20H,5,10-14,26H2,1-4H3,(H,27,32)(H,29,31)/t20-/m0/s1. The first-order valence-corrected chi connectivity index (χ1v) is 11.8. The highest BCUT2D eigenvalue weighted by Gasteiger charge is 2.27. The molecule has 1 fully saturated rings. The number of aromatic nitrogens is 2. The van der Waals surface area contributed by atoms with Gasteiger partial charge in [0.15, 0.2) is 0 Å². The summed E-state index contributed by atoms with van der Waals surface area (Å²) in [5, 5.41) is 9.28. The van der Waals surface area contributed by atoms with E-state index in [2.05, 4.69) is 20.3 Å². The van der Waals surface area contributed by atoms with E-state index in [0.717, 1.165) is 25.7 Å². The Bertz CT molecular complexity index is 1070. The number of likely N-dealkylation sites (tertiary alicyclic amines) is 1. The SMILES string of the molecule is COC(=O)Nc1ccc(-c2cc([C@@H](N)CCC3CCN(C(=O)OC(C)(C)C)CC3)n[nH]c2=O)cc1. The summed E-state index contributed by atoms with van der Waals surface area (Å²) in [6.45, 7) is 6.96. The van der Waals surface area contributed by atoms with Crippen LogP contribution in [0.25, 0.3) is 11.1 Å². The molecule has 1 aliphatic rings. The number of rotatable bonds is 6. The second kappa shape index (κ2) is 11.4. The van der Waals surface area contributed by atoms with Crippen LogP contribution in [0.4, 0.5) is 15.3 Å². The number of anilines is 1. The Balaban J connectivity index is 1.56. The lowest BCUT2D eigenvalue weighted by Crippen LogP contribution is -2.41. The first kappa shape index (κ1) is 26.2. The van der Waals surface area contributed by atoms with Crippen LogP contribution in [0.5, 0.6) is 0 Å². The van der Waals surface area contributed by atoms with Crippen molar-refractivity contribution in [2.75, 3.05) is 25.5 Å². The highest BCUT2D eigenvalue weighted by atomic mass is 16.6. The molecule has 0 radical (unpaired) electrons. The van der Waals surface area contributed by atoms with Gasteiger partial charge in [-0.25, -0.2) is 14.7 Å². The van der Waals surface area contributed by atoms with Crippen LogP contribution in [0.15, 0.2) is 35.1 Å². The van der Waals surface area contributed by atoms with E-state index >= 15 is 0 Å². The Kier molecular flexibility index (Phi) is 8.50. The van der Waals surface area contributed by atoms with E-state index in [-0.39, 0.29) is 17.7 Å². The van der Waals surface area contributed by atoms with Gasteiger partial charge >= 0.3 is 12.2 Å². The zero-order valence-electron chi connectivity index (χ0n) is 20.8. The van der Waals surface area contributed by atoms with Crippen molar-refractivity contribution in [1.82, 2.24) is 15.1 Å². The Morgan fingerprint density at radius 3 is 2.49 bits per heavy atom. The van der Waals surface area contributed by atoms with E-state index in [0.29, 0.717) is 41.5 Å².